The smallest absolute Gasteiger partial charge is 0.312 e. The second-order valence-electron chi connectivity index (χ2n) is 5.39. The zero-order valence-corrected chi connectivity index (χ0v) is 12.3. The van der Waals surface area contributed by atoms with Gasteiger partial charge in [-0.3, -0.25) is 14.5 Å². The predicted octanol–water partition coefficient (Wildman–Crippen LogP) is -0.210. The van der Waals surface area contributed by atoms with E-state index >= 15 is 0 Å². The molecule has 2 saturated heterocycles. The third-order valence-corrected chi connectivity index (χ3v) is 3.97. The van der Waals surface area contributed by atoms with E-state index in [4.69, 9.17) is 4.74 Å². The second kappa shape index (κ2) is 7.59. The normalized spacial score (nSPS) is 21.1. The molecule has 2 amide bonds. The summed E-state index contributed by atoms with van der Waals surface area (Å²) in [5.74, 6) is -0.711. The lowest BCUT2D eigenvalue weighted by molar-refractivity contribution is -0.155. The molecule has 0 radical (unpaired) electrons. The van der Waals surface area contributed by atoms with E-state index in [2.05, 4.69) is 11.8 Å². The van der Waals surface area contributed by atoms with E-state index in [1.165, 1.54) is 12.8 Å². The first-order chi connectivity index (χ1) is 9.72. The summed E-state index contributed by atoms with van der Waals surface area (Å²) in [4.78, 5) is 30.0. The Morgan fingerprint density at radius 1 is 0.900 bits per heavy atom. The zero-order valence-electron chi connectivity index (χ0n) is 12.3. The molecule has 0 atom stereocenters. The molecule has 0 spiro atoms. The summed E-state index contributed by atoms with van der Waals surface area (Å²) in [5, 5.41) is 0. The lowest BCUT2D eigenvalue weighted by Crippen LogP contribution is -2.54. The molecule has 114 valence electrons. The Morgan fingerprint density at radius 3 is 2.00 bits per heavy atom. The Morgan fingerprint density at radius 2 is 1.45 bits per heavy atom. The maximum Gasteiger partial charge on any atom is 0.312 e. The molecular formula is C14H25N3O3. The van der Waals surface area contributed by atoms with Crippen LogP contribution in [0, 0.1) is 0 Å². The minimum Gasteiger partial charge on any atom is -0.378 e. The van der Waals surface area contributed by atoms with Crippen molar-refractivity contribution in [3.8, 4) is 0 Å². The number of amides is 2. The number of piperazine rings is 1. The monoisotopic (exact) mass is 283 g/mol. The van der Waals surface area contributed by atoms with Gasteiger partial charge in [-0.2, -0.15) is 0 Å². The molecule has 6 nitrogen and oxygen atoms in total. The molecule has 20 heavy (non-hydrogen) atoms. The molecule has 0 N–H and O–H groups in total. The van der Waals surface area contributed by atoms with Gasteiger partial charge in [-0.25, -0.2) is 0 Å². The van der Waals surface area contributed by atoms with Crippen LogP contribution >= 0.6 is 0 Å². The topological polar surface area (TPSA) is 53.1 Å². The molecule has 0 unspecified atom stereocenters. The van der Waals surface area contributed by atoms with E-state index in [0.29, 0.717) is 39.4 Å². The fourth-order valence-electron chi connectivity index (χ4n) is 2.59. The molecule has 6 heteroatoms. The Hall–Kier alpha value is -1.14. The van der Waals surface area contributed by atoms with E-state index in [-0.39, 0.29) is 11.8 Å². The Balaban J connectivity index is 1.77. The van der Waals surface area contributed by atoms with Gasteiger partial charge < -0.3 is 14.5 Å². The molecule has 0 bridgehead atoms. The summed E-state index contributed by atoms with van der Waals surface area (Å²) in [5.41, 5.74) is 0. The van der Waals surface area contributed by atoms with E-state index in [1.807, 2.05) is 0 Å². The van der Waals surface area contributed by atoms with Crippen LogP contribution < -0.4 is 0 Å². The summed E-state index contributed by atoms with van der Waals surface area (Å²) in [6.07, 6.45) is 2.38. The van der Waals surface area contributed by atoms with Gasteiger partial charge >= 0.3 is 11.8 Å². The van der Waals surface area contributed by atoms with Crippen molar-refractivity contribution in [3.63, 3.8) is 0 Å². The maximum absolute atomic E-state index is 12.2. The van der Waals surface area contributed by atoms with E-state index < -0.39 is 0 Å². The highest BCUT2D eigenvalue weighted by atomic mass is 16.5. The van der Waals surface area contributed by atoms with Crippen molar-refractivity contribution in [3.05, 3.63) is 0 Å². The molecule has 2 heterocycles. The van der Waals surface area contributed by atoms with Gasteiger partial charge in [0.05, 0.1) is 13.2 Å². The third kappa shape index (κ3) is 3.93. The molecule has 0 aliphatic carbocycles. The van der Waals surface area contributed by atoms with Crippen molar-refractivity contribution in [1.82, 2.24) is 14.7 Å². The van der Waals surface area contributed by atoms with Crippen molar-refractivity contribution in [2.45, 2.75) is 19.8 Å². The average molecular weight is 283 g/mol. The van der Waals surface area contributed by atoms with Crippen LogP contribution in [-0.4, -0.2) is 85.5 Å². The van der Waals surface area contributed by atoms with Gasteiger partial charge in [0.25, 0.3) is 0 Å². The summed E-state index contributed by atoms with van der Waals surface area (Å²) < 4.78 is 5.20. The molecular weight excluding hydrogens is 258 g/mol. The summed E-state index contributed by atoms with van der Waals surface area (Å²) in [6, 6.07) is 0. The largest absolute Gasteiger partial charge is 0.378 e. The van der Waals surface area contributed by atoms with Crippen LogP contribution in [0.5, 0.6) is 0 Å². The minimum absolute atomic E-state index is 0.345. The molecule has 0 aromatic heterocycles. The first-order valence-corrected chi connectivity index (χ1v) is 7.60. The molecule has 0 saturated carbocycles. The van der Waals surface area contributed by atoms with Crippen molar-refractivity contribution in [1.29, 1.82) is 0 Å². The molecule has 2 rings (SSSR count). The van der Waals surface area contributed by atoms with Crippen LogP contribution in [0.3, 0.4) is 0 Å². The van der Waals surface area contributed by atoms with E-state index in [9.17, 15) is 9.59 Å². The first kappa shape index (κ1) is 15.3. The number of carbonyl (C=O) groups is 2. The standard InChI is InChI=1S/C14H25N3O3/c1-2-3-4-15-5-7-16(8-6-15)13(18)14(19)17-9-11-20-12-10-17/h2-12H2,1H3. The van der Waals surface area contributed by atoms with Crippen LogP contribution in [0.4, 0.5) is 0 Å². The Labute approximate surface area is 120 Å². The Bertz CT molecular complexity index is 335. The number of carbonyl (C=O) groups excluding carboxylic acids is 2. The molecule has 2 fully saturated rings. The van der Waals surface area contributed by atoms with Crippen LogP contribution in [0.1, 0.15) is 19.8 Å². The van der Waals surface area contributed by atoms with Gasteiger partial charge in [0.15, 0.2) is 0 Å². The minimum atomic E-state index is -0.365. The number of nitrogens with zero attached hydrogens (tertiary/aromatic N) is 3. The number of hydrogen-bond acceptors (Lipinski definition) is 4. The number of unbranched alkanes of at least 4 members (excludes halogenated alkanes) is 1. The molecule has 0 aromatic rings. The van der Waals surface area contributed by atoms with Gasteiger partial charge in [-0.15, -0.1) is 0 Å². The van der Waals surface area contributed by atoms with Gasteiger partial charge in [-0.1, -0.05) is 13.3 Å². The van der Waals surface area contributed by atoms with Gasteiger partial charge in [0.1, 0.15) is 0 Å². The van der Waals surface area contributed by atoms with E-state index in [1.54, 1.807) is 9.80 Å². The highest BCUT2D eigenvalue weighted by Gasteiger charge is 2.30. The lowest BCUT2D eigenvalue weighted by Gasteiger charge is -2.35. The van der Waals surface area contributed by atoms with Crippen LogP contribution in [0.15, 0.2) is 0 Å². The van der Waals surface area contributed by atoms with Crippen molar-refractivity contribution >= 4 is 11.8 Å². The number of rotatable bonds is 3. The van der Waals surface area contributed by atoms with Crippen LogP contribution in [-0.2, 0) is 14.3 Å². The zero-order chi connectivity index (χ0) is 14.4. The fraction of sp³-hybridized carbons (Fsp3) is 0.857. The maximum atomic E-state index is 12.2. The molecule has 0 aromatic carbocycles. The van der Waals surface area contributed by atoms with E-state index in [0.717, 1.165) is 19.6 Å². The summed E-state index contributed by atoms with van der Waals surface area (Å²) >= 11 is 0. The SMILES string of the molecule is CCCCN1CCN(C(=O)C(=O)N2CCOCC2)CC1. The van der Waals surface area contributed by atoms with Crippen molar-refractivity contribution in [2.75, 3.05) is 59.0 Å². The second-order valence-corrected chi connectivity index (χ2v) is 5.39. The van der Waals surface area contributed by atoms with Crippen LogP contribution in [0.2, 0.25) is 0 Å². The van der Waals surface area contributed by atoms with Crippen molar-refractivity contribution < 1.29 is 14.3 Å². The number of hydrogen-bond donors (Lipinski definition) is 0. The summed E-state index contributed by atoms with van der Waals surface area (Å²) in [7, 11) is 0. The highest BCUT2D eigenvalue weighted by Crippen LogP contribution is 2.06. The number of morpholine rings is 1. The predicted molar refractivity (Wildman–Crippen MR) is 75.3 cm³/mol. The lowest BCUT2D eigenvalue weighted by atomic mass is 10.2. The molecule has 2 aliphatic rings. The molecule has 2 aliphatic heterocycles. The summed E-state index contributed by atoms with van der Waals surface area (Å²) in [6.45, 7) is 8.48. The third-order valence-electron chi connectivity index (χ3n) is 3.97. The van der Waals surface area contributed by atoms with Gasteiger partial charge in [0, 0.05) is 39.3 Å². The van der Waals surface area contributed by atoms with Gasteiger partial charge in [0.2, 0.25) is 0 Å². The average Bonchev–Trinajstić information content (AvgIpc) is 2.53. The first-order valence-electron chi connectivity index (χ1n) is 7.60. The quantitative estimate of drug-likeness (QED) is 0.673. The van der Waals surface area contributed by atoms with Gasteiger partial charge in [-0.05, 0) is 13.0 Å². The van der Waals surface area contributed by atoms with Crippen molar-refractivity contribution in [2.24, 2.45) is 0 Å². The Kier molecular flexibility index (Phi) is 5.79. The fourth-order valence-corrected chi connectivity index (χ4v) is 2.59. The number of ether oxygens (including phenoxy) is 1. The van der Waals surface area contributed by atoms with Crippen LogP contribution in [0.25, 0.3) is 0 Å². The highest BCUT2D eigenvalue weighted by molar-refractivity contribution is 6.34.